The lowest BCUT2D eigenvalue weighted by atomic mass is 10.1. The van der Waals surface area contributed by atoms with E-state index in [9.17, 15) is 9.59 Å². The summed E-state index contributed by atoms with van der Waals surface area (Å²) in [6.07, 6.45) is 0. The van der Waals surface area contributed by atoms with E-state index in [4.69, 9.17) is 11.6 Å². The number of carbonyl (C=O) groups excluding carboxylic acids is 1. The number of carbonyl (C=O) groups is 1. The summed E-state index contributed by atoms with van der Waals surface area (Å²) in [5, 5.41) is 7.86. The number of nitrogens with one attached hydrogen (secondary N) is 1. The number of hydrogen-bond donors (Lipinski definition) is 1. The van der Waals surface area contributed by atoms with Crippen molar-refractivity contribution < 1.29 is 4.79 Å². The Labute approximate surface area is 174 Å². The Bertz CT molecular complexity index is 1030. The minimum Gasteiger partial charge on any atom is -0.353 e. The Kier molecular flexibility index (Phi) is 6.80. The lowest BCUT2D eigenvalue weighted by Gasteiger charge is -2.26. The van der Waals surface area contributed by atoms with Crippen molar-refractivity contribution in [2.45, 2.75) is 12.6 Å². The molecule has 3 rings (SSSR count). The van der Waals surface area contributed by atoms with Crippen LogP contribution in [0.3, 0.4) is 0 Å². The van der Waals surface area contributed by atoms with Crippen LogP contribution in [0.15, 0.2) is 71.5 Å². The number of likely N-dealkylation sites (N-methyl/N-ethyl adjacent to an activating group) is 1. The molecule has 2 aromatic carbocycles. The first kappa shape index (κ1) is 20.8. The molecule has 1 aromatic heterocycles. The molecule has 29 heavy (non-hydrogen) atoms. The zero-order valence-electron chi connectivity index (χ0n) is 16.4. The molecule has 1 heterocycles. The van der Waals surface area contributed by atoms with E-state index in [1.54, 1.807) is 6.07 Å². The molecular formula is C22H23ClN4O2. The normalized spacial score (nSPS) is 12.0. The predicted octanol–water partition coefficient (Wildman–Crippen LogP) is 2.98. The summed E-state index contributed by atoms with van der Waals surface area (Å²) in [6, 6.07) is 20.1. The van der Waals surface area contributed by atoms with Crippen LogP contribution in [0.25, 0.3) is 11.3 Å². The molecule has 0 radical (unpaired) electrons. The van der Waals surface area contributed by atoms with Gasteiger partial charge in [0.25, 0.3) is 5.56 Å². The molecule has 150 valence electrons. The van der Waals surface area contributed by atoms with Gasteiger partial charge in [0.2, 0.25) is 5.91 Å². The molecule has 0 bridgehead atoms. The maximum atomic E-state index is 12.5. The Hall–Kier alpha value is -2.96. The number of benzene rings is 2. The van der Waals surface area contributed by atoms with Crippen LogP contribution in [0.4, 0.5) is 0 Å². The Balaban J connectivity index is 1.70. The Morgan fingerprint density at radius 3 is 2.45 bits per heavy atom. The molecule has 1 atom stereocenters. The van der Waals surface area contributed by atoms with E-state index in [1.807, 2.05) is 73.6 Å². The van der Waals surface area contributed by atoms with Crippen LogP contribution in [0.1, 0.15) is 11.6 Å². The quantitative estimate of drug-likeness (QED) is 0.650. The molecule has 1 N–H and O–H groups in total. The van der Waals surface area contributed by atoms with Crippen LogP contribution in [0.2, 0.25) is 5.02 Å². The van der Waals surface area contributed by atoms with Crippen LogP contribution in [0.5, 0.6) is 0 Å². The topological polar surface area (TPSA) is 67.2 Å². The lowest BCUT2D eigenvalue weighted by molar-refractivity contribution is -0.122. The van der Waals surface area contributed by atoms with Gasteiger partial charge in [0.15, 0.2) is 0 Å². The zero-order valence-corrected chi connectivity index (χ0v) is 17.1. The molecule has 3 aromatic rings. The van der Waals surface area contributed by atoms with Crippen molar-refractivity contribution in [3.05, 3.63) is 87.7 Å². The maximum Gasteiger partial charge on any atom is 0.267 e. The Morgan fingerprint density at radius 1 is 1.07 bits per heavy atom. The molecule has 1 amide bonds. The molecule has 1 unspecified atom stereocenters. The van der Waals surface area contributed by atoms with Gasteiger partial charge < -0.3 is 10.2 Å². The zero-order chi connectivity index (χ0) is 20.8. The number of amides is 1. The molecule has 0 aliphatic carbocycles. The molecule has 6 nitrogen and oxygen atoms in total. The van der Waals surface area contributed by atoms with E-state index in [-0.39, 0.29) is 24.1 Å². The summed E-state index contributed by atoms with van der Waals surface area (Å²) in [7, 11) is 3.85. The summed E-state index contributed by atoms with van der Waals surface area (Å²) in [4.78, 5) is 26.6. The first-order valence-electron chi connectivity index (χ1n) is 9.27. The first-order chi connectivity index (χ1) is 14.0. The Morgan fingerprint density at radius 2 is 1.76 bits per heavy atom. The van der Waals surface area contributed by atoms with Gasteiger partial charge in [-0.05, 0) is 31.8 Å². The molecule has 0 fully saturated rings. The fourth-order valence-corrected chi connectivity index (χ4v) is 3.31. The second-order valence-electron chi connectivity index (χ2n) is 6.89. The number of hydrogen-bond acceptors (Lipinski definition) is 4. The number of rotatable bonds is 7. The predicted molar refractivity (Wildman–Crippen MR) is 115 cm³/mol. The van der Waals surface area contributed by atoms with Crippen LogP contribution in [0, 0.1) is 0 Å². The highest BCUT2D eigenvalue weighted by Gasteiger charge is 2.18. The van der Waals surface area contributed by atoms with E-state index in [0.29, 0.717) is 17.3 Å². The summed E-state index contributed by atoms with van der Waals surface area (Å²) in [5.41, 5.74) is 2.13. The fourth-order valence-electron chi connectivity index (χ4n) is 3.04. The van der Waals surface area contributed by atoms with Gasteiger partial charge in [0.1, 0.15) is 6.54 Å². The number of aromatic nitrogens is 2. The van der Waals surface area contributed by atoms with E-state index in [1.165, 1.54) is 10.7 Å². The summed E-state index contributed by atoms with van der Waals surface area (Å²) >= 11 is 6.31. The van der Waals surface area contributed by atoms with Crippen molar-refractivity contribution in [1.82, 2.24) is 20.0 Å². The van der Waals surface area contributed by atoms with Gasteiger partial charge in [-0.1, -0.05) is 60.1 Å². The van der Waals surface area contributed by atoms with E-state index in [2.05, 4.69) is 10.4 Å². The molecule has 7 heteroatoms. The first-order valence-corrected chi connectivity index (χ1v) is 9.64. The van der Waals surface area contributed by atoms with Gasteiger partial charge in [-0.3, -0.25) is 9.59 Å². The average Bonchev–Trinajstić information content (AvgIpc) is 2.71. The van der Waals surface area contributed by atoms with Crippen LogP contribution in [-0.4, -0.2) is 41.2 Å². The molecule has 0 saturated heterocycles. The highest BCUT2D eigenvalue weighted by Crippen LogP contribution is 2.25. The maximum absolute atomic E-state index is 12.5. The van der Waals surface area contributed by atoms with E-state index >= 15 is 0 Å². The van der Waals surface area contributed by atoms with Crippen molar-refractivity contribution in [2.24, 2.45) is 0 Å². The minimum absolute atomic E-state index is 0.0898. The van der Waals surface area contributed by atoms with Gasteiger partial charge in [0.05, 0.1) is 11.7 Å². The molecule has 0 saturated carbocycles. The van der Waals surface area contributed by atoms with E-state index < -0.39 is 0 Å². The van der Waals surface area contributed by atoms with Gasteiger partial charge in [-0.15, -0.1) is 0 Å². The third kappa shape index (κ3) is 5.31. The average molecular weight is 411 g/mol. The van der Waals surface area contributed by atoms with Crippen LogP contribution >= 0.6 is 11.6 Å². The standard InChI is InChI=1S/C22H23ClN4O2/c1-26(2)20(17-10-6-7-11-18(17)23)14-24-21(28)15-27-22(29)13-12-19(25-27)16-8-4-3-5-9-16/h3-13,20H,14-15H2,1-2H3,(H,24,28). The van der Waals surface area contributed by atoms with Gasteiger partial charge in [-0.2, -0.15) is 5.10 Å². The third-order valence-electron chi connectivity index (χ3n) is 4.61. The number of halogens is 1. The molecule has 0 aliphatic rings. The van der Waals surface area contributed by atoms with Crippen molar-refractivity contribution in [1.29, 1.82) is 0 Å². The molecular weight excluding hydrogens is 388 g/mol. The lowest BCUT2D eigenvalue weighted by Crippen LogP contribution is -2.38. The van der Waals surface area contributed by atoms with Crippen molar-refractivity contribution in [3.8, 4) is 11.3 Å². The third-order valence-corrected chi connectivity index (χ3v) is 4.95. The summed E-state index contributed by atoms with van der Waals surface area (Å²) in [6.45, 7) is 0.213. The summed E-state index contributed by atoms with van der Waals surface area (Å²) in [5.74, 6) is -0.288. The second kappa shape index (κ2) is 9.49. The minimum atomic E-state index is -0.324. The smallest absolute Gasteiger partial charge is 0.267 e. The monoisotopic (exact) mass is 410 g/mol. The van der Waals surface area contributed by atoms with Gasteiger partial charge >= 0.3 is 0 Å². The number of nitrogens with zero attached hydrogens (tertiary/aromatic N) is 3. The molecule has 0 spiro atoms. The SMILES string of the molecule is CN(C)C(CNC(=O)Cn1nc(-c2ccccc2)ccc1=O)c1ccccc1Cl. The highest BCUT2D eigenvalue weighted by atomic mass is 35.5. The van der Waals surface area contributed by atoms with Crippen molar-refractivity contribution in [2.75, 3.05) is 20.6 Å². The van der Waals surface area contributed by atoms with Crippen molar-refractivity contribution in [3.63, 3.8) is 0 Å². The van der Waals surface area contributed by atoms with Crippen LogP contribution < -0.4 is 10.9 Å². The second-order valence-corrected chi connectivity index (χ2v) is 7.29. The molecule has 0 aliphatic heterocycles. The summed E-state index contributed by atoms with van der Waals surface area (Å²) < 4.78 is 1.18. The van der Waals surface area contributed by atoms with Gasteiger partial charge in [-0.25, -0.2) is 4.68 Å². The van der Waals surface area contributed by atoms with Crippen LogP contribution in [-0.2, 0) is 11.3 Å². The van der Waals surface area contributed by atoms with E-state index in [0.717, 1.165) is 11.1 Å². The highest BCUT2D eigenvalue weighted by molar-refractivity contribution is 6.31. The fraction of sp³-hybridized carbons (Fsp3) is 0.227. The largest absolute Gasteiger partial charge is 0.353 e. The van der Waals surface area contributed by atoms with Gasteiger partial charge in [0, 0.05) is 23.2 Å². The van der Waals surface area contributed by atoms with Crippen molar-refractivity contribution >= 4 is 17.5 Å².